The van der Waals surface area contributed by atoms with Gasteiger partial charge in [0.05, 0.1) is 24.0 Å². The maximum absolute atomic E-state index is 11.9. The molecule has 0 radical (unpaired) electrons. The van der Waals surface area contributed by atoms with Crippen molar-refractivity contribution in [2.45, 2.75) is 6.54 Å². The summed E-state index contributed by atoms with van der Waals surface area (Å²) in [5, 5.41) is 0. The molecule has 3 rings (SSSR count). The number of hydrogen-bond acceptors (Lipinski definition) is 4. The molecule has 3 aromatic heterocycles. The summed E-state index contributed by atoms with van der Waals surface area (Å²) in [5.74, 6) is 0.764. The molecule has 1 amide bonds. The third-order valence-electron chi connectivity index (χ3n) is 3.68. The van der Waals surface area contributed by atoms with Gasteiger partial charge in [0.2, 0.25) is 0 Å². The van der Waals surface area contributed by atoms with Crippen LogP contribution in [-0.4, -0.2) is 46.3 Å². The lowest BCUT2D eigenvalue weighted by Gasteiger charge is -2.18. The van der Waals surface area contributed by atoms with Gasteiger partial charge >= 0.3 is 0 Å². The maximum Gasteiger partial charge on any atom is 0.254 e. The summed E-state index contributed by atoms with van der Waals surface area (Å²) >= 11 is 0. The molecule has 0 aliphatic carbocycles. The van der Waals surface area contributed by atoms with Gasteiger partial charge in [0, 0.05) is 33.5 Å². The fourth-order valence-corrected chi connectivity index (χ4v) is 2.42. The van der Waals surface area contributed by atoms with E-state index in [9.17, 15) is 4.79 Å². The minimum absolute atomic E-state index is 0.0477. The SMILES string of the molecule is CN(C)C(=O)c1ccc(N(C)Cc2cnc3ccccn23)nc1. The first-order chi connectivity index (χ1) is 11.1. The molecule has 6 nitrogen and oxygen atoms in total. The Balaban J connectivity index is 1.78. The number of hydrogen-bond donors (Lipinski definition) is 0. The molecule has 0 spiro atoms. The van der Waals surface area contributed by atoms with Gasteiger partial charge in [0.25, 0.3) is 5.91 Å². The minimum Gasteiger partial charge on any atom is -0.354 e. The molecule has 0 aliphatic heterocycles. The fraction of sp³-hybridized carbons (Fsp3) is 0.235. The van der Waals surface area contributed by atoms with E-state index in [-0.39, 0.29) is 5.91 Å². The molecule has 0 bridgehead atoms. The summed E-state index contributed by atoms with van der Waals surface area (Å²) in [6, 6.07) is 9.59. The summed E-state index contributed by atoms with van der Waals surface area (Å²) < 4.78 is 2.06. The Morgan fingerprint density at radius 1 is 1.09 bits per heavy atom. The quantitative estimate of drug-likeness (QED) is 0.740. The first kappa shape index (κ1) is 15.0. The monoisotopic (exact) mass is 309 g/mol. The topological polar surface area (TPSA) is 53.7 Å². The number of fused-ring (bicyclic) bond motifs is 1. The Bertz CT molecular complexity index is 822. The van der Waals surface area contributed by atoms with Crippen molar-refractivity contribution in [2.24, 2.45) is 0 Å². The van der Waals surface area contributed by atoms with E-state index in [4.69, 9.17) is 0 Å². The number of pyridine rings is 2. The molecule has 0 fully saturated rings. The standard InChI is InChI=1S/C17H19N5O/c1-20(2)17(23)13-7-8-15(18-10-13)21(3)12-14-11-19-16-6-4-5-9-22(14)16/h4-11H,12H2,1-3H3. The molecule has 0 aliphatic rings. The van der Waals surface area contributed by atoms with Gasteiger partial charge in [-0.15, -0.1) is 0 Å². The van der Waals surface area contributed by atoms with Gasteiger partial charge in [0.15, 0.2) is 0 Å². The van der Waals surface area contributed by atoms with Crippen molar-refractivity contribution in [2.75, 3.05) is 26.0 Å². The van der Waals surface area contributed by atoms with E-state index < -0.39 is 0 Å². The number of amides is 1. The van der Waals surface area contributed by atoms with Crippen molar-refractivity contribution in [1.82, 2.24) is 19.3 Å². The van der Waals surface area contributed by atoms with Gasteiger partial charge in [-0.2, -0.15) is 0 Å². The van der Waals surface area contributed by atoms with Crippen molar-refractivity contribution in [3.05, 3.63) is 60.2 Å². The van der Waals surface area contributed by atoms with E-state index in [1.807, 2.05) is 48.6 Å². The Kier molecular flexibility index (Phi) is 3.97. The predicted molar refractivity (Wildman–Crippen MR) is 89.6 cm³/mol. The predicted octanol–water partition coefficient (Wildman–Crippen LogP) is 2.07. The molecular weight excluding hydrogens is 290 g/mol. The first-order valence-electron chi connectivity index (χ1n) is 7.36. The van der Waals surface area contributed by atoms with Crippen molar-refractivity contribution in [1.29, 1.82) is 0 Å². The summed E-state index contributed by atoms with van der Waals surface area (Å²) in [4.78, 5) is 24.2. The second-order valence-electron chi connectivity index (χ2n) is 5.64. The van der Waals surface area contributed by atoms with Crippen molar-refractivity contribution < 1.29 is 4.79 Å². The molecule has 3 heterocycles. The fourth-order valence-electron chi connectivity index (χ4n) is 2.42. The highest BCUT2D eigenvalue weighted by molar-refractivity contribution is 5.93. The first-order valence-corrected chi connectivity index (χ1v) is 7.36. The van der Waals surface area contributed by atoms with Gasteiger partial charge in [-0.05, 0) is 24.3 Å². The molecule has 118 valence electrons. The van der Waals surface area contributed by atoms with Crippen LogP contribution >= 0.6 is 0 Å². The number of anilines is 1. The largest absolute Gasteiger partial charge is 0.354 e. The van der Waals surface area contributed by atoms with Gasteiger partial charge in [-0.1, -0.05) is 6.07 Å². The number of nitrogens with zero attached hydrogens (tertiary/aromatic N) is 5. The number of carbonyl (C=O) groups is 1. The van der Waals surface area contributed by atoms with E-state index in [1.165, 1.54) is 0 Å². The van der Waals surface area contributed by atoms with Crippen LogP contribution in [0.4, 0.5) is 5.82 Å². The molecule has 23 heavy (non-hydrogen) atoms. The van der Waals surface area contributed by atoms with E-state index in [2.05, 4.69) is 14.4 Å². The highest BCUT2D eigenvalue weighted by atomic mass is 16.2. The average molecular weight is 309 g/mol. The molecule has 0 saturated heterocycles. The van der Waals surface area contributed by atoms with Crippen LogP contribution in [0.15, 0.2) is 48.9 Å². The van der Waals surface area contributed by atoms with E-state index in [0.29, 0.717) is 12.1 Å². The van der Waals surface area contributed by atoms with Crippen LogP contribution in [0.25, 0.3) is 5.65 Å². The Morgan fingerprint density at radius 3 is 2.61 bits per heavy atom. The van der Waals surface area contributed by atoms with Crippen LogP contribution in [0.3, 0.4) is 0 Å². The Hall–Kier alpha value is -2.89. The molecular formula is C17H19N5O. The van der Waals surface area contributed by atoms with Gasteiger partial charge in [-0.25, -0.2) is 9.97 Å². The number of imidazole rings is 1. The zero-order chi connectivity index (χ0) is 16.4. The molecule has 0 N–H and O–H groups in total. The van der Waals surface area contributed by atoms with Crippen LogP contribution in [0, 0.1) is 0 Å². The second kappa shape index (κ2) is 6.08. The summed E-state index contributed by atoms with van der Waals surface area (Å²) in [6.45, 7) is 0.680. The number of aromatic nitrogens is 3. The lowest BCUT2D eigenvalue weighted by molar-refractivity contribution is 0.0827. The lowest BCUT2D eigenvalue weighted by atomic mass is 10.2. The second-order valence-corrected chi connectivity index (χ2v) is 5.64. The van der Waals surface area contributed by atoms with Crippen molar-refractivity contribution >= 4 is 17.4 Å². The summed E-state index contributed by atoms with van der Waals surface area (Å²) in [7, 11) is 5.43. The summed E-state index contributed by atoms with van der Waals surface area (Å²) in [5.41, 5.74) is 2.59. The molecule has 0 unspecified atom stereocenters. The van der Waals surface area contributed by atoms with Gasteiger partial charge in [0.1, 0.15) is 11.5 Å². The molecule has 3 aromatic rings. The molecule has 6 heteroatoms. The Morgan fingerprint density at radius 2 is 1.91 bits per heavy atom. The third kappa shape index (κ3) is 3.01. The molecule has 0 saturated carbocycles. The molecule has 0 aromatic carbocycles. The normalized spacial score (nSPS) is 10.7. The number of rotatable bonds is 4. The zero-order valence-corrected chi connectivity index (χ0v) is 13.5. The van der Waals surface area contributed by atoms with Gasteiger partial charge in [-0.3, -0.25) is 4.79 Å². The minimum atomic E-state index is -0.0477. The van der Waals surface area contributed by atoms with Crippen LogP contribution in [0.2, 0.25) is 0 Å². The smallest absolute Gasteiger partial charge is 0.254 e. The van der Waals surface area contributed by atoms with Crippen LogP contribution in [0.1, 0.15) is 16.1 Å². The third-order valence-corrected chi connectivity index (χ3v) is 3.68. The molecule has 0 atom stereocenters. The lowest BCUT2D eigenvalue weighted by Crippen LogP contribution is -2.22. The summed E-state index contributed by atoms with van der Waals surface area (Å²) in [6.07, 6.45) is 5.48. The highest BCUT2D eigenvalue weighted by Gasteiger charge is 2.11. The van der Waals surface area contributed by atoms with E-state index in [1.54, 1.807) is 31.3 Å². The van der Waals surface area contributed by atoms with Gasteiger partial charge < -0.3 is 14.2 Å². The Labute approximate surface area is 135 Å². The maximum atomic E-state index is 11.9. The zero-order valence-electron chi connectivity index (χ0n) is 13.5. The van der Waals surface area contributed by atoms with Crippen LogP contribution in [0.5, 0.6) is 0 Å². The highest BCUT2D eigenvalue weighted by Crippen LogP contribution is 2.15. The average Bonchev–Trinajstić information content (AvgIpc) is 2.97. The van der Waals surface area contributed by atoms with E-state index >= 15 is 0 Å². The van der Waals surface area contributed by atoms with Crippen LogP contribution in [-0.2, 0) is 6.54 Å². The van der Waals surface area contributed by atoms with Crippen molar-refractivity contribution in [3.8, 4) is 0 Å². The number of carbonyl (C=O) groups excluding carboxylic acids is 1. The van der Waals surface area contributed by atoms with E-state index in [0.717, 1.165) is 17.2 Å². The van der Waals surface area contributed by atoms with Crippen molar-refractivity contribution in [3.63, 3.8) is 0 Å². The van der Waals surface area contributed by atoms with Crippen LogP contribution < -0.4 is 4.90 Å².